The van der Waals surface area contributed by atoms with Crippen LogP contribution in [0, 0.1) is 11.8 Å². The average Bonchev–Trinajstić information content (AvgIpc) is 2.81. The Morgan fingerprint density at radius 1 is 0.471 bits per heavy atom. The summed E-state index contributed by atoms with van der Waals surface area (Å²) < 4.78 is 0. The maximum absolute atomic E-state index is 13.3. The summed E-state index contributed by atoms with van der Waals surface area (Å²) in [5, 5.41) is -1.58. The fourth-order valence-electron chi connectivity index (χ4n) is 5.32. The molecule has 0 amide bonds. The van der Waals surface area contributed by atoms with E-state index in [4.69, 9.17) is 57.9 Å². The summed E-state index contributed by atoms with van der Waals surface area (Å²) >= 11 is 25.5. The van der Waals surface area contributed by atoms with Crippen molar-refractivity contribution in [1.82, 2.24) is 0 Å². The fourth-order valence-corrected chi connectivity index (χ4v) is 6.55. The number of allylic oxidation sites excluding steroid dienone is 8. The maximum Gasteiger partial charge on any atom is 0.207 e. The first-order valence-corrected chi connectivity index (χ1v) is 12.8. The molecule has 0 heterocycles. The normalized spacial score (nSPS) is 31.8. The molecule has 182 valence electrons. The summed E-state index contributed by atoms with van der Waals surface area (Å²) in [6.07, 6.45) is 5.12. The molecule has 2 saturated carbocycles. The molecule has 0 aliphatic heterocycles. The number of nitrogens with two attached hydrogens (primary N) is 2. The van der Waals surface area contributed by atoms with Gasteiger partial charge in [0.25, 0.3) is 0 Å². The molecule has 0 aromatic heterocycles. The topological polar surface area (TPSA) is 120 Å². The van der Waals surface area contributed by atoms with Crippen molar-refractivity contribution >= 4 is 69.5 Å². The molecular formula is C24H24Cl4N2O4. The highest BCUT2D eigenvalue weighted by Crippen LogP contribution is 2.45. The minimum Gasteiger partial charge on any atom is -0.328 e. The van der Waals surface area contributed by atoms with Crippen LogP contribution in [0.1, 0.15) is 51.4 Å². The van der Waals surface area contributed by atoms with Crippen molar-refractivity contribution in [2.24, 2.45) is 23.3 Å². The molecule has 6 nitrogen and oxygen atoms in total. The minimum absolute atomic E-state index is 0.0319. The van der Waals surface area contributed by atoms with Crippen LogP contribution in [0.15, 0.2) is 42.4 Å². The summed E-state index contributed by atoms with van der Waals surface area (Å²) in [6.45, 7) is 0. The van der Waals surface area contributed by atoms with Gasteiger partial charge in [0, 0.05) is 23.2 Å². The van der Waals surface area contributed by atoms with Gasteiger partial charge in [0.15, 0.2) is 0 Å². The zero-order chi connectivity index (χ0) is 24.9. The Hall–Kier alpha value is -1.28. The lowest BCUT2D eigenvalue weighted by Gasteiger charge is -2.32. The van der Waals surface area contributed by atoms with Crippen molar-refractivity contribution in [1.29, 1.82) is 0 Å². The van der Waals surface area contributed by atoms with E-state index in [-0.39, 0.29) is 45.1 Å². The van der Waals surface area contributed by atoms with Crippen molar-refractivity contribution < 1.29 is 19.2 Å². The number of ketones is 4. The second-order valence-corrected chi connectivity index (χ2v) is 10.9. The Kier molecular flexibility index (Phi) is 7.59. The molecule has 4 aliphatic carbocycles. The number of hydrogen-bond donors (Lipinski definition) is 2. The van der Waals surface area contributed by atoms with Gasteiger partial charge in [-0.2, -0.15) is 0 Å². The number of Topliss-reactive ketones (excluding diaryl/α,β-unsaturated/α-hetero) is 4. The summed E-state index contributed by atoms with van der Waals surface area (Å²) in [4.78, 5) is 53.0. The van der Waals surface area contributed by atoms with Crippen molar-refractivity contribution in [3.63, 3.8) is 0 Å². The standard InChI is InChI=1S/C24H24Cl4N2O4/c25-17-13(9-1-5-11(29)6-2-9)21(31)19(27)15(23(17)33)16-20(28)22(32)14(18(26)24(16)34)10-3-7-12(30)8-4-10/h9-12H,1-8,29-30H2. The number of carbonyl (C=O) groups excluding carboxylic acids is 4. The van der Waals surface area contributed by atoms with E-state index < -0.39 is 44.3 Å². The predicted molar refractivity (Wildman–Crippen MR) is 131 cm³/mol. The van der Waals surface area contributed by atoms with Crippen molar-refractivity contribution in [2.75, 3.05) is 0 Å². The van der Waals surface area contributed by atoms with E-state index in [2.05, 4.69) is 0 Å². The van der Waals surface area contributed by atoms with Gasteiger partial charge in [-0.05, 0) is 63.2 Å². The Labute approximate surface area is 217 Å². The first-order chi connectivity index (χ1) is 16.0. The summed E-state index contributed by atoms with van der Waals surface area (Å²) in [5.74, 6) is -3.46. The van der Waals surface area contributed by atoms with E-state index >= 15 is 0 Å². The Morgan fingerprint density at radius 3 is 1.06 bits per heavy atom. The third-order valence-electron chi connectivity index (χ3n) is 7.26. The van der Waals surface area contributed by atoms with Crippen molar-refractivity contribution in [3.8, 4) is 0 Å². The summed E-state index contributed by atoms with van der Waals surface area (Å²) in [5.41, 5.74) is 11.2. The first kappa shape index (κ1) is 25.8. The number of hydrogen-bond acceptors (Lipinski definition) is 6. The molecule has 0 unspecified atom stereocenters. The molecule has 10 heteroatoms. The van der Waals surface area contributed by atoms with Crippen LogP contribution in [0.4, 0.5) is 0 Å². The minimum atomic E-state index is -0.818. The van der Waals surface area contributed by atoms with Crippen molar-refractivity contribution in [2.45, 2.75) is 63.5 Å². The van der Waals surface area contributed by atoms with E-state index in [1.807, 2.05) is 0 Å². The van der Waals surface area contributed by atoms with E-state index in [0.717, 1.165) is 0 Å². The van der Waals surface area contributed by atoms with Gasteiger partial charge in [-0.3, -0.25) is 19.2 Å². The third kappa shape index (κ3) is 4.38. The monoisotopic (exact) mass is 544 g/mol. The third-order valence-corrected chi connectivity index (χ3v) is 8.73. The first-order valence-electron chi connectivity index (χ1n) is 11.3. The summed E-state index contributed by atoms with van der Waals surface area (Å²) in [7, 11) is 0. The second-order valence-electron chi connectivity index (χ2n) is 9.37. The van der Waals surface area contributed by atoms with Crippen LogP contribution in [0.5, 0.6) is 0 Å². The average molecular weight is 546 g/mol. The van der Waals surface area contributed by atoms with Crippen LogP contribution < -0.4 is 11.5 Å². The molecule has 0 saturated heterocycles. The van der Waals surface area contributed by atoms with Gasteiger partial charge in [-0.1, -0.05) is 46.4 Å². The van der Waals surface area contributed by atoms with Crippen LogP contribution in [-0.2, 0) is 19.2 Å². The quantitative estimate of drug-likeness (QED) is 0.510. The molecule has 0 aromatic rings. The van der Waals surface area contributed by atoms with Crippen LogP contribution in [0.3, 0.4) is 0 Å². The summed E-state index contributed by atoms with van der Waals surface area (Å²) in [6, 6.07) is 0.0638. The number of carbonyl (C=O) groups is 4. The lowest BCUT2D eigenvalue weighted by molar-refractivity contribution is -0.117. The molecule has 4 aliphatic rings. The predicted octanol–water partition coefficient (Wildman–Crippen LogP) is 4.30. The van der Waals surface area contributed by atoms with Gasteiger partial charge in [-0.15, -0.1) is 0 Å². The number of halogens is 4. The second kappa shape index (κ2) is 10.00. The molecule has 0 spiro atoms. The van der Waals surface area contributed by atoms with Gasteiger partial charge in [0.2, 0.25) is 23.1 Å². The fraction of sp³-hybridized carbons (Fsp3) is 0.500. The van der Waals surface area contributed by atoms with Crippen molar-refractivity contribution in [3.05, 3.63) is 42.4 Å². The van der Waals surface area contributed by atoms with E-state index in [1.54, 1.807) is 0 Å². The highest BCUT2D eigenvalue weighted by atomic mass is 35.5. The lowest BCUT2D eigenvalue weighted by atomic mass is 9.75. The van der Waals surface area contributed by atoms with Gasteiger partial charge in [-0.25, -0.2) is 0 Å². The molecule has 0 bridgehead atoms. The zero-order valence-electron chi connectivity index (χ0n) is 18.3. The van der Waals surface area contributed by atoms with Gasteiger partial charge in [0.05, 0.1) is 21.2 Å². The molecule has 34 heavy (non-hydrogen) atoms. The molecule has 4 rings (SSSR count). The smallest absolute Gasteiger partial charge is 0.207 e. The highest BCUT2D eigenvalue weighted by molar-refractivity contribution is 6.61. The Balaban J connectivity index is 1.71. The van der Waals surface area contributed by atoms with Gasteiger partial charge >= 0.3 is 0 Å². The van der Waals surface area contributed by atoms with Crippen LogP contribution >= 0.6 is 46.4 Å². The molecule has 4 N–H and O–H groups in total. The SMILES string of the molecule is NC1CCC(C2=C(Cl)C(=O)C(C3=C(Cl)C(=O)C(C4CCC(N)CC4)=C(Cl)C3=O)=C(Cl)C2=O)CC1. The molecular weight excluding hydrogens is 522 g/mol. The van der Waals surface area contributed by atoms with Crippen LogP contribution in [-0.4, -0.2) is 35.2 Å². The van der Waals surface area contributed by atoms with E-state index in [0.29, 0.717) is 51.4 Å². The Morgan fingerprint density at radius 2 is 0.765 bits per heavy atom. The highest BCUT2D eigenvalue weighted by Gasteiger charge is 2.45. The molecule has 0 atom stereocenters. The van der Waals surface area contributed by atoms with Gasteiger partial charge in [0.1, 0.15) is 10.1 Å². The lowest BCUT2D eigenvalue weighted by Crippen LogP contribution is -2.34. The Bertz CT molecular complexity index is 1030. The van der Waals surface area contributed by atoms with Crippen LogP contribution in [0.25, 0.3) is 0 Å². The van der Waals surface area contributed by atoms with E-state index in [1.165, 1.54) is 0 Å². The molecule has 2 fully saturated rings. The van der Waals surface area contributed by atoms with E-state index in [9.17, 15) is 19.2 Å². The van der Waals surface area contributed by atoms with Gasteiger partial charge < -0.3 is 11.5 Å². The molecule has 0 aromatic carbocycles. The molecule has 0 radical (unpaired) electrons. The largest absolute Gasteiger partial charge is 0.328 e. The zero-order valence-corrected chi connectivity index (χ0v) is 21.3. The van der Waals surface area contributed by atoms with Crippen LogP contribution in [0.2, 0.25) is 0 Å². The number of rotatable bonds is 3. The maximum atomic E-state index is 13.3.